The Labute approximate surface area is 97.1 Å². The summed E-state index contributed by atoms with van der Waals surface area (Å²) in [5, 5.41) is 3.35. The van der Waals surface area contributed by atoms with Crippen LogP contribution in [0.4, 0.5) is 0 Å². The lowest BCUT2D eigenvalue weighted by atomic mass is 10.1. The molecule has 1 fully saturated rings. The van der Waals surface area contributed by atoms with Crippen LogP contribution in [0.5, 0.6) is 0 Å². The smallest absolute Gasteiger partial charge is 0.0727 e. The van der Waals surface area contributed by atoms with Crippen LogP contribution in [0.2, 0.25) is 0 Å². The van der Waals surface area contributed by atoms with Crippen LogP contribution in [0.15, 0.2) is 12.4 Å². The van der Waals surface area contributed by atoms with Gasteiger partial charge in [-0.1, -0.05) is 0 Å². The first-order valence-electron chi connectivity index (χ1n) is 5.95. The van der Waals surface area contributed by atoms with Gasteiger partial charge in [0.1, 0.15) is 0 Å². The van der Waals surface area contributed by atoms with Gasteiger partial charge in [0.15, 0.2) is 0 Å². The number of likely N-dealkylation sites (N-methyl/N-ethyl adjacent to an activating group) is 1. The Hall–Kier alpha value is -1.00. The van der Waals surface area contributed by atoms with Crippen molar-refractivity contribution in [2.24, 2.45) is 0 Å². The van der Waals surface area contributed by atoms with Gasteiger partial charge in [-0.05, 0) is 33.4 Å². The van der Waals surface area contributed by atoms with Gasteiger partial charge in [-0.25, -0.2) is 0 Å². The fraction of sp³-hybridized carbons (Fsp3) is 0.667. The quantitative estimate of drug-likeness (QED) is 0.824. The van der Waals surface area contributed by atoms with E-state index in [-0.39, 0.29) is 0 Å². The zero-order chi connectivity index (χ0) is 11.4. The molecule has 1 unspecified atom stereocenters. The summed E-state index contributed by atoms with van der Waals surface area (Å²) in [6.07, 6.45) is 6.28. The Bertz CT molecular complexity index is 322. The summed E-state index contributed by atoms with van der Waals surface area (Å²) in [7, 11) is 2.04. The summed E-state index contributed by atoms with van der Waals surface area (Å²) >= 11 is 0. The molecule has 1 N–H and O–H groups in total. The van der Waals surface area contributed by atoms with E-state index in [1.807, 2.05) is 26.4 Å². The molecule has 1 saturated heterocycles. The number of rotatable bonds is 3. The van der Waals surface area contributed by atoms with Crippen LogP contribution in [0.3, 0.4) is 0 Å². The van der Waals surface area contributed by atoms with Gasteiger partial charge in [0, 0.05) is 31.5 Å². The molecule has 88 valence electrons. The number of nitrogens with zero attached hydrogens (tertiary/aromatic N) is 3. The molecule has 4 heteroatoms. The van der Waals surface area contributed by atoms with E-state index in [1.54, 1.807) is 0 Å². The van der Waals surface area contributed by atoms with E-state index in [9.17, 15) is 0 Å². The molecule has 0 amide bonds. The van der Waals surface area contributed by atoms with Crippen molar-refractivity contribution in [3.05, 3.63) is 23.8 Å². The molecule has 0 spiro atoms. The summed E-state index contributed by atoms with van der Waals surface area (Å²) in [5.74, 6) is 0. The van der Waals surface area contributed by atoms with E-state index < -0.39 is 0 Å². The predicted octanol–water partition coefficient (Wildman–Crippen LogP) is 0.969. The third kappa shape index (κ3) is 3.00. The second-order valence-corrected chi connectivity index (χ2v) is 4.51. The first-order chi connectivity index (χ1) is 7.78. The monoisotopic (exact) mass is 220 g/mol. The number of aromatic nitrogens is 2. The van der Waals surface area contributed by atoms with Gasteiger partial charge < -0.3 is 5.32 Å². The molecular weight excluding hydrogens is 200 g/mol. The van der Waals surface area contributed by atoms with Gasteiger partial charge in [0.05, 0.1) is 11.4 Å². The van der Waals surface area contributed by atoms with Crippen LogP contribution in [0.25, 0.3) is 0 Å². The third-order valence-corrected chi connectivity index (χ3v) is 3.13. The number of hydrogen-bond donors (Lipinski definition) is 1. The second-order valence-electron chi connectivity index (χ2n) is 4.51. The SMILES string of the molecule is CNC1CCCN(Cc2cnc(C)cn2)C1. The Kier molecular flexibility index (Phi) is 3.85. The van der Waals surface area contributed by atoms with Crippen molar-refractivity contribution in [1.82, 2.24) is 20.2 Å². The normalized spacial score (nSPS) is 22.2. The number of hydrogen-bond acceptors (Lipinski definition) is 4. The highest BCUT2D eigenvalue weighted by Crippen LogP contribution is 2.12. The molecule has 1 aromatic rings. The molecular formula is C12H20N4. The summed E-state index contributed by atoms with van der Waals surface area (Å²) in [4.78, 5) is 11.1. The molecule has 1 aromatic heterocycles. The van der Waals surface area contributed by atoms with Crippen molar-refractivity contribution in [3.63, 3.8) is 0 Å². The largest absolute Gasteiger partial charge is 0.316 e. The maximum atomic E-state index is 4.40. The molecule has 0 bridgehead atoms. The molecule has 0 radical (unpaired) electrons. The Morgan fingerprint density at radius 2 is 2.31 bits per heavy atom. The highest BCUT2D eigenvalue weighted by atomic mass is 15.2. The highest BCUT2D eigenvalue weighted by Gasteiger charge is 2.18. The van der Waals surface area contributed by atoms with Crippen molar-refractivity contribution in [2.45, 2.75) is 32.4 Å². The number of aryl methyl sites for hydroxylation is 1. The molecule has 4 nitrogen and oxygen atoms in total. The first kappa shape index (κ1) is 11.5. The summed E-state index contributed by atoms with van der Waals surface area (Å²) < 4.78 is 0. The molecule has 0 aliphatic carbocycles. The van der Waals surface area contributed by atoms with Crippen LogP contribution < -0.4 is 5.32 Å². The zero-order valence-electron chi connectivity index (χ0n) is 10.1. The van der Waals surface area contributed by atoms with Crippen LogP contribution in [0.1, 0.15) is 24.2 Å². The van der Waals surface area contributed by atoms with Gasteiger partial charge in [0.2, 0.25) is 0 Å². The average molecular weight is 220 g/mol. The number of likely N-dealkylation sites (tertiary alicyclic amines) is 1. The van der Waals surface area contributed by atoms with Gasteiger partial charge in [-0.2, -0.15) is 0 Å². The molecule has 0 saturated carbocycles. The Morgan fingerprint density at radius 3 is 3.00 bits per heavy atom. The zero-order valence-corrected chi connectivity index (χ0v) is 10.1. The molecule has 16 heavy (non-hydrogen) atoms. The lowest BCUT2D eigenvalue weighted by Gasteiger charge is -2.32. The van der Waals surface area contributed by atoms with E-state index in [4.69, 9.17) is 0 Å². The summed E-state index contributed by atoms with van der Waals surface area (Å²) in [6.45, 7) is 5.18. The van der Waals surface area contributed by atoms with Gasteiger partial charge in [-0.15, -0.1) is 0 Å². The van der Waals surface area contributed by atoms with Gasteiger partial charge >= 0.3 is 0 Å². The van der Waals surface area contributed by atoms with Gasteiger partial charge in [0.25, 0.3) is 0 Å². The molecule has 2 rings (SSSR count). The van der Waals surface area contributed by atoms with Crippen molar-refractivity contribution < 1.29 is 0 Å². The van der Waals surface area contributed by atoms with Crippen molar-refractivity contribution in [3.8, 4) is 0 Å². The van der Waals surface area contributed by atoms with E-state index in [2.05, 4.69) is 20.2 Å². The average Bonchev–Trinajstić information content (AvgIpc) is 2.32. The third-order valence-electron chi connectivity index (χ3n) is 3.13. The van der Waals surface area contributed by atoms with Crippen molar-refractivity contribution in [1.29, 1.82) is 0 Å². The Morgan fingerprint density at radius 1 is 1.44 bits per heavy atom. The summed E-state index contributed by atoms with van der Waals surface area (Å²) in [5.41, 5.74) is 2.05. The van der Waals surface area contributed by atoms with Gasteiger partial charge in [-0.3, -0.25) is 14.9 Å². The lowest BCUT2D eigenvalue weighted by molar-refractivity contribution is 0.186. The van der Waals surface area contributed by atoms with Crippen LogP contribution in [-0.4, -0.2) is 41.0 Å². The van der Waals surface area contributed by atoms with Crippen LogP contribution in [-0.2, 0) is 6.54 Å². The minimum atomic E-state index is 0.632. The fourth-order valence-electron chi connectivity index (χ4n) is 2.16. The maximum Gasteiger partial charge on any atom is 0.0727 e. The highest BCUT2D eigenvalue weighted by molar-refractivity contribution is 5.00. The topological polar surface area (TPSA) is 41.0 Å². The second kappa shape index (κ2) is 5.37. The van der Waals surface area contributed by atoms with E-state index in [0.29, 0.717) is 6.04 Å². The number of piperidine rings is 1. The molecule has 0 aromatic carbocycles. The lowest BCUT2D eigenvalue weighted by Crippen LogP contribution is -2.44. The standard InChI is InChI=1S/C12H20N4/c1-10-6-15-12(7-14-10)9-16-5-3-4-11(8-16)13-2/h6-7,11,13H,3-5,8-9H2,1-2H3. The Balaban J connectivity index is 1.91. The van der Waals surface area contributed by atoms with E-state index >= 15 is 0 Å². The van der Waals surface area contributed by atoms with Crippen molar-refractivity contribution >= 4 is 0 Å². The minimum Gasteiger partial charge on any atom is -0.316 e. The molecule has 1 aliphatic rings. The first-order valence-corrected chi connectivity index (χ1v) is 5.95. The molecule has 2 heterocycles. The van der Waals surface area contributed by atoms with Crippen LogP contribution in [0, 0.1) is 6.92 Å². The number of nitrogens with one attached hydrogen (secondary N) is 1. The molecule has 1 aliphatic heterocycles. The maximum absolute atomic E-state index is 4.40. The fourth-order valence-corrected chi connectivity index (χ4v) is 2.16. The minimum absolute atomic E-state index is 0.632. The van der Waals surface area contributed by atoms with E-state index in [0.717, 1.165) is 24.5 Å². The predicted molar refractivity (Wildman–Crippen MR) is 64.1 cm³/mol. The molecule has 1 atom stereocenters. The van der Waals surface area contributed by atoms with Crippen LogP contribution >= 0.6 is 0 Å². The summed E-state index contributed by atoms with van der Waals surface area (Å²) in [6, 6.07) is 0.632. The van der Waals surface area contributed by atoms with E-state index in [1.165, 1.54) is 19.4 Å². The van der Waals surface area contributed by atoms with Crippen molar-refractivity contribution in [2.75, 3.05) is 20.1 Å².